The predicted octanol–water partition coefficient (Wildman–Crippen LogP) is 3.84. The molecule has 4 aromatic rings. The van der Waals surface area contributed by atoms with E-state index < -0.39 is 11.7 Å². The van der Waals surface area contributed by atoms with Gasteiger partial charge in [-0.3, -0.25) is 14.5 Å². The van der Waals surface area contributed by atoms with Gasteiger partial charge in [0.15, 0.2) is 11.5 Å². The van der Waals surface area contributed by atoms with Gasteiger partial charge in [-0.2, -0.15) is 5.10 Å². The lowest BCUT2D eigenvalue weighted by Gasteiger charge is -2.07. The van der Waals surface area contributed by atoms with E-state index in [1.807, 2.05) is 25.1 Å². The van der Waals surface area contributed by atoms with E-state index in [1.165, 1.54) is 18.5 Å². The molecule has 0 saturated heterocycles. The Morgan fingerprint density at radius 1 is 1.21 bits per heavy atom. The van der Waals surface area contributed by atoms with E-state index in [2.05, 4.69) is 20.4 Å². The fourth-order valence-corrected chi connectivity index (χ4v) is 2.89. The molecule has 1 N–H and O–H groups in total. The zero-order chi connectivity index (χ0) is 19.7. The van der Waals surface area contributed by atoms with Gasteiger partial charge in [-0.15, -0.1) is 0 Å². The Labute approximate surface area is 159 Å². The van der Waals surface area contributed by atoms with Gasteiger partial charge in [-0.1, -0.05) is 6.07 Å². The Morgan fingerprint density at radius 3 is 2.82 bits per heavy atom. The molecule has 1 amide bonds. The second kappa shape index (κ2) is 7.07. The standard InChI is InChI=1S/C20H16FN5O2/c1-12-3-4-13(20-23-7-8-28-20)9-14(12)18-10-17(25-26(18)2)19(27)24-16-5-6-22-11-15(16)21/h3-11H,1-2H3,(H,22,24,27). The predicted molar refractivity (Wildman–Crippen MR) is 101 cm³/mol. The van der Waals surface area contributed by atoms with Crippen molar-refractivity contribution >= 4 is 11.6 Å². The first-order chi connectivity index (χ1) is 13.5. The van der Waals surface area contributed by atoms with Crippen LogP contribution < -0.4 is 5.32 Å². The molecule has 0 aliphatic rings. The zero-order valence-corrected chi connectivity index (χ0v) is 15.2. The molecule has 4 rings (SSSR count). The molecule has 0 bridgehead atoms. The summed E-state index contributed by atoms with van der Waals surface area (Å²) in [5, 5.41) is 6.79. The first kappa shape index (κ1) is 17.6. The number of nitrogens with zero attached hydrogens (tertiary/aromatic N) is 4. The summed E-state index contributed by atoms with van der Waals surface area (Å²) in [5.41, 5.74) is 3.68. The largest absolute Gasteiger partial charge is 0.445 e. The maximum Gasteiger partial charge on any atom is 0.276 e. The molecule has 0 saturated carbocycles. The number of aromatic nitrogens is 4. The molecule has 0 atom stereocenters. The molecule has 0 aliphatic carbocycles. The van der Waals surface area contributed by atoms with Crippen molar-refractivity contribution in [3.8, 4) is 22.7 Å². The first-order valence-electron chi connectivity index (χ1n) is 8.48. The number of hydrogen-bond donors (Lipinski definition) is 1. The highest BCUT2D eigenvalue weighted by atomic mass is 19.1. The summed E-state index contributed by atoms with van der Waals surface area (Å²) in [7, 11) is 1.75. The third-order valence-corrected chi connectivity index (χ3v) is 4.33. The Hall–Kier alpha value is -3.81. The first-order valence-corrected chi connectivity index (χ1v) is 8.48. The Bertz CT molecular complexity index is 1150. The number of carbonyl (C=O) groups excluding carboxylic acids is 1. The van der Waals surface area contributed by atoms with Gasteiger partial charge in [-0.25, -0.2) is 9.37 Å². The quantitative estimate of drug-likeness (QED) is 0.584. The van der Waals surface area contributed by atoms with Gasteiger partial charge in [-0.05, 0) is 36.8 Å². The summed E-state index contributed by atoms with van der Waals surface area (Å²) >= 11 is 0. The maximum atomic E-state index is 13.7. The molecule has 8 heteroatoms. The lowest BCUT2D eigenvalue weighted by molar-refractivity contribution is 0.102. The van der Waals surface area contributed by atoms with Crippen molar-refractivity contribution in [2.24, 2.45) is 7.05 Å². The number of benzene rings is 1. The van der Waals surface area contributed by atoms with E-state index in [0.29, 0.717) is 5.89 Å². The fourth-order valence-electron chi connectivity index (χ4n) is 2.89. The van der Waals surface area contributed by atoms with Crippen molar-refractivity contribution in [2.75, 3.05) is 5.32 Å². The molecule has 28 heavy (non-hydrogen) atoms. The molecule has 0 aliphatic heterocycles. The summed E-state index contributed by atoms with van der Waals surface area (Å²) in [5.74, 6) is -0.607. The third-order valence-electron chi connectivity index (χ3n) is 4.33. The Morgan fingerprint density at radius 2 is 2.07 bits per heavy atom. The van der Waals surface area contributed by atoms with E-state index >= 15 is 0 Å². The highest BCUT2D eigenvalue weighted by molar-refractivity contribution is 6.03. The van der Waals surface area contributed by atoms with Crippen LogP contribution in [0, 0.1) is 12.7 Å². The van der Waals surface area contributed by atoms with Crippen LogP contribution >= 0.6 is 0 Å². The van der Waals surface area contributed by atoms with Gasteiger partial charge in [0.05, 0.1) is 23.8 Å². The highest BCUT2D eigenvalue weighted by Crippen LogP contribution is 2.29. The number of amides is 1. The lowest BCUT2D eigenvalue weighted by atomic mass is 10.0. The van der Waals surface area contributed by atoms with Gasteiger partial charge >= 0.3 is 0 Å². The minimum atomic E-state index is -0.610. The van der Waals surface area contributed by atoms with Crippen LogP contribution in [-0.4, -0.2) is 25.7 Å². The highest BCUT2D eigenvalue weighted by Gasteiger charge is 2.17. The third kappa shape index (κ3) is 3.27. The Balaban J connectivity index is 1.67. The summed E-state index contributed by atoms with van der Waals surface area (Å²) in [6.45, 7) is 1.97. The molecule has 1 aromatic carbocycles. The number of nitrogens with one attached hydrogen (secondary N) is 1. The molecule has 0 radical (unpaired) electrons. The maximum absolute atomic E-state index is 13.7. The fraction of sp³-hybridized carbons (Fsp3) is 0.100. The number of halogens is 1. The second-order valence-electron chi connectivity index (χ2n) is 6.22. The van der Waals surface area contributed by atoms with Crippen molar-refractivity contribution in [1.29, 1.82) is 0 Å². The van der Waals surface area contributed by atoms with Crippen LogP contribution in [0.15, 0.2) is 59.6 Å². The van der Waals surface area contributed by atoms with Crippen LogP contribution in [-0.2, 0) is 7.05 Å². The molecular formula is C20H16FN5O2. The topological polar surface area (TPSA) is 85.8 Å². The minimum Gasteiger partial charge on any atom is -0.445 e. The normalized spacial score (nSPS) is 10.8. The molecule has 3 heterocycles. The molecule has 3 aromatic heterocycles. The average molecular weight is 377 g/mol. The van der Waals surface area contributed by atoms with E-state index in [4.69, 9.17) is 4.42 Å². The van der Waals surface area contributed by atoms with Gasteiger partial charge in [0.2, 0.25) is 5.89 Å². The number of anilines is 1. The van der Waals surface area contributed by atoms with Crippen LogP contribution in [0.3, 0.4) is 0 Å². The number of carbonyl (C=O) groups is 1. The van der Waals surface area contributed by atoms with E-state index in [9.17, 15) is 9.18 Å². The van der Waals surface area contributed by atoms with Crippen LogP contribution in [0.4, 0.5) is 10.1 Å². The van der Waals surface area contributed by atoms with Crippen molar-refractivity contribution in [3.63, 3.8) is 0 Å². The van der Waals surface area contributed by atoms with E-state index in [-0.39, 0.29) is 11.4 Å². The summed E-state index contributed by atoms with van der Waals surface area (Å²) in [6.07, 6.45) is 5.54. The van der Waals surface area contributed by atoms with Crippen LogP contribution in [0.5, 0.6) is 0 Å². The summed E-state index contributed by atoms with van der Waals surface area (Å²) < 4.78 is 20.7. The number of aryl methyl sites for hydroxylation is 2. The molecule has 0 spiro atoms. The number of rotatable bonds is 4. The van der Waals surface area contributed by atoms with Crippen molar-refractivity contribution in [3.05, 3.63) is 72.3 Å². The molecular weight excluding hydrogens is 361 g/mol. The number of hydrogen-bond acceptors (Lipinski definition) is 5. The average Bonchev–Trinajstić information content (AvgIpc) is 3.34. The van der Waals surface area contributed by atoms with Crippen LogP contribution in [0.25, 0.3) is 22.7 Å². The zero-order valence-electron chi connectivity index (χ0n) is 15.2. The van der Waals surface area contributed by atoms with Gasteiger partial charge < -0.3 is 9.73 Å². The summed E-state index contributed by atoms with van der Waals surface area (Å²) in [6, 6.07) is 8.86. The Kier molecular flexibility index (Phi) is 4.44. The monoisotopic (exact) mass is 377 g/mol. The smallest absolute Gasteiger partial charge is 0.276 e. The van der Waals surface area contributed by atoms with Crippen molar-refractivity contribution in [1.82, 2.24) is 19.7 Å². The van der Waals surface area contributed by atoms with E-state index in [1.54, 1.807) is 24.0 Å². The van der Waals surface area contributed by atoms with Crippen LogP contribution in [0.1, 0.15) is 16.1 Å². The molecule has 0 unspecified atom stereocenters. The number of oxazole rings is 1. The number of pyridine rings is 1. The molecule has 140 valence electrons. The van der Waals surface area contributed by atoms with Crippen molar-refractivity contribution in [2.45, 2.75) is 6.92 Å². The van der Waals surface area contributed by atoms with Crippen LogP contribution in [0.2, 0.25) is 0 Å². The molecule has 0 fully saturated rings. The van der Waals surface area contributed by atoms with E-state index in [0.717, 1.165) is 28.6 Å². The van der Waals surface area contributed by atoms with Gasteiger partial charge in [0, 0.05) is 24.4 Å². The van der Waals surface area contributed by atoms with Gasteiger partial charge in [0.1, 0.15) is 6.26 Å². The van der Waals surface area contributed by atoms with Crippen molar-refractivity contribution < 1.29 is 13.6 Å². The second-order valence-corrected chi connectivity index (χ2v) is 6.22. The lowest BCUT2D eigenvalue weighted by Crippen LogP contribution is -2.14. The minimum absolute atomic E-state index is 0.0503. The molecule has 7 nitrogen and oxygen atoms in total. The SMILES string of the molecule is Cc1ccc(-c2ncco2)cc1-c1cc(C(=O)Nc2ccncc2F)nn1C. The summed E-state index contributed by atoms with van der Waals surface area (Å²) in [4.78, 5) is 20.3. The van der Waals surface area contributed by atoms with Gasteiger partial charge in [0.25, 0.3) is 5.91 Å².